The summed E-state index contributed by atoms with van der Waals surface area (Å²) in [6.07, 6.45) is 6.35. The molecule has 0 atom stereocenters. The summed E-state index contributed by atoms with van der Waals surface area (Å²) >= 11 is 12.5. The van der Waals surface area contributed by atoms with E-state index < -0.39 is 0 Å². The molecule has 1 saturated heterocycles. The van der Waals surface area contributed by atoms with E-state index in [0.717, 1.165) is 57.2 Å². The SMILES string of the molecule is COCCC(=O)NC1CCC(CCN2CCN(c3cccc(Cl)c3Cl)CC2)CC1. The lowest BCUT2D eigenvalue weighted by Crippen LogP contribution is -2.47. The van der Waals surface area contributed by atoms with E-state index in [-0.39, 0.29) is 5.91 Å². The molecule has 1 aromatic rings. The highest BCUT2D eigenvalue weighted by atomic mass is 35.5. The number of halogens is 2. The zero-order chi connectivity index (χ0) is 20.6. The second kappa shape index (κ2) is 11.4. The van der Waals surface area contributed by atoms with Crippen molar-refractivity contribution in [1.29, 1.82) is 0 Å². The van der Waals surface area contributed by atoms with E-state index in [0.29, 0.717) is 29.1 Å². The van der Waals surface area contributed by atoms with E-state index in [1.807, 2.05) is 12.1 Å². The number of anilines is 1. The molecule has 0 spiro atoms. The van der Waals surface area contributed by atoms with Crippen molar-refractivity contribution in [3.63, 3.8) is 0 Å². The normalized spacial score (nSPS) is 23.2. The summed E-state index contributed by atoms with van der Waals surface area (Å²) in [5, 5.41) is 4.44. The number of hydrogen-bond acceptors (Lipinski definition) is 4. The van der Waals surface area contributed by atoms with Gasteiger partial charge in [-0.1, -0.05) is 29.3 Å². The summed E-state index contributed by atoms with van der Waals surface area (Å²) < 4.78 is 4.97. The summed E-state index contributed by atoms with van der Waals surface area (Å²) in [6.45, 7) is 5.76. The Morgan fingerprint density at radius 1 is 1.14 bits per heavy atom. The molecule has 7 heteroatoms. The van der Waals surface area contributed by atoms with Crippen molar-refractivity contribution in [2.75, 3.05) is 51.3 Å². The van der Waals surface area contributed by atoms with Crippen LogP contribution in [0, 0.1) is 5.92 Å². The van der Waals surface area contributed by atoms with Crippen molar-refractivity contribution in [3.05, 3.63) is 28.2 Å². The van der Waals surface area contributed by atoms with Crippen LogP contribution in [0.1, 0.15) is 38.5 Å². The Bertz CT molecular complexity index is 657. The Labute approximate surface area is 184 Å². The predicted octanol–water partition coefficient (Wildman–Crippen LogP) is 4.22. The minimum atomic E-state index is 0.118. The van der Waals surface area contributed by atoms with Crippen LogP contribution in [0.2, 0.25) is 10.0 Å². The lowest BCUT2D eigenvalue weighted by atomic mass is 9.84. The summed E-state index contributed by atoms with van der Waals surface area (Å²) in [5.74, 6) is 0.899. The maximum atomic E-state index is 11.8. The van der Waals surface area contributed by atoms with Gasteiger partial charge in [-0.05, 0) is 56.7 Å². The maximum absolute atomic E-state index is 11.8. The zero-order valence-corrected chi connectivity index (χ0v) is 18.9. The smallest absolute Gasteiger partial charge is 0.222 e. The molecule has 162 valence electrons. The van der Waals surface area contributed by atoms with Crippen molar-refractivity contribution in [2.45, 2.75) is 44.6 Å². The van der Waals surface area contributed by atoms with E-state index in [4.69, 9.17) is 27.9 Å². The number of carbonyl (C=O) groups excluding carboxylic acids is 1. The fourth-order valence-electron chi connectivity index (χ4n) is 4.40. The molecule has 3 rings (SSSR count). The van der Waals surface area contributed by atoms with Crippen LogP contribution in [-0.2, 0) is 9.53 Å². The molecule has 5 nitrogen and oxygen atoms in total. The van der Waals surface area contributed by atoms with E-state index in [1.54, 1.807) is 7.11 Å². The molecule has 1 saturated carbocycles. The largest absolute Gasteiger partial charge is 0.384 e. The van der Waals surface area contributed by atoms with Crippen molar-refractivity contribution in [1.82, 2.24) is 10.2 Å². The quantitative estimate of drug-likeness (QED) is 0.655. The van der Waals surface area contributed by atoms with Crippen LogP contribution in [-0.4, -0.2) is 63.3 Å². The van der Waals surface area contributed by atoms with E-state index in [9.17, 15) is 4.79 Å². The van der Waals surface area contributed by atoms with Gasteiger partial charge in [0, 0.05) is 45.8 Å². The number of benzene rings is 1. The average molecular weight is 442 g/mol. The van der Waals surface area contributed by atoms with E-state index in [2.05, 4.69) is 21.2 Å². The van der Waals surface area contributed by atoms with Gasteiger partial charge in [-0.2, -0.15) is 0 Å². The van der Waals surface area contributed by atoms with Crippen LogP contribution in [0.3, 0.4) is 0 Å². The monoisotopic (exact) mass is 441 g/mol. The van der Waals surface area contributed by atoms with Crippen molar-refractivity contribution >= 4 is 34.8 Å². The number of methoxy groups -OCH3 is 1. The molecule has 1 heterocycles. The summed E-state index contributed by atoms with van der Waals surface area (Å²) in [7, 11) is 1.63. The van der Waals surface area contributed by atoms with Crippen LogP contribution < -0.4 is 10.2 Å². The second-order valence-corrected chi connectivity index (χ2v) is 9.00. The number of nitrogens with zero attached hydrogens (tertiary/aromatic N) is 2. The second-order valence-electron chi connectivity index (χ2n) is 8.22. The molecular formula is C22H33Cl2N3O2. The maximum Gasteiger partial charge on any atom is 0.222 e. The third-order valence-corrected chi connectivity index (χ3v) is 7.05. The van der Waals surface area contributed by atoms with Crippen molar-refractivity contribution in [2.24, 2.45) is 5.92 Å². The summed E-state index contributed by atoms with van der Waals surface area (Å²) in [5.41, 5.74) is 1.05. The highest BCUT2D eigenvalue weighted by Crippen LogP contribution is 2.33. The van der Waals surface area contributed by atoms with Crippen LogP contribution in [0.4, 0.5) is 5.69 Å². The molecule has 0 unspecified atom stereocenters. The number of ether oxygens (including phenoxy) is 1. The Morgan fingerprint density at radius 3 is 2.55 bits per heavy atom. The van der Waals surface area contributed by atoms with Crippen molar-refractivity contribution in [3.8, 4) is 0 Å². The van der Waals surface area contributed by atoms with Crippen LogP contribution >= 0.6 is 23.2 Å². The molecule has 2 fully saturated rings. The van der Waals surface area contributed by atoms with Gasteiger partial charge in [-0.15, -0.1) is 0 Å². The summed E-state index contributed by atoms with van der Waals surface area (Å²) in [6, 6.07) is 6.20. The lowest BCUT2D eigenvalue weighted by molar-refractivity contribution is -0.122. The Balaban J connectivity index is 1.33. The first-order valence-corrected chi connectivity index (χ1v) is 11.5. The standard InChI is InChI=1S/C22H33Cl2N3O2/c1-29-16-10-21(28)25-18-7-5-17(6-8-18)9-11-26-12-14-27(15-13-26)20-4-2-3-19(23)22(20)24/h2-4,17-18H,5-16H2,1H3,(H,25,28). The van der Waals surface area contributed by atoms with Gasteiger partial charge in [0.25, 0.3) is 0 Å². The highest BCUT2D eigenvalue weighted by molar-refractivity contribution is 6.43. The number of nitrogens with one attached hydrogen (secondary N) is 1. The van der Waals surface area contributed by atoms with Gasteiger partial charge >= 0.3 is 0 Å². The highest BCUT2D eigenvalue weighted by Gasteiger charge is 2.24. The Kier molecular flexibility index (Phi) is 8.91. The van der Waals surface area contributed by atoms with Gasteiger partial charge in [0.15, 0.2) is 0 Å². The van der Waals surface area contributed by atoms with Gasteiger partial charge in [0.2, 0.25) is 5.91 Å². The lowest BCUT2D eigenvalue weighted by Gasteiger charge is -2.37. The molecule has 1 aliphatic heterocycles. The fourth-order valence-corrected chi connectivity index (χ4v) is 4.82. The minimum Gasteiger partial charge on any atom is -0.384 e. The van der Waals surface area contributed by atoms with E-state index in [1.165, 1.54) is 19.3 Å². The van der Waals surface area contributed by atoms with Crippen molar-refractivity contribution < 1.29 is 9.53 Å². The van der Waals surface area contributed by atoms with Gasteiger partial charge in [0.05, 0.1) is 22.3 Å². The molecule has 0 aromatic heterocycles. The Morgan fingerprint density at radius 2 is 1.86 bits per heavy atom. The number of piperazine rings is 1. The molecular weight excluding hydrogens is 409 g/mol. The van der Waals surface area contributed by atoms with E-state index >= 15 is 0 Å². The average Bonchev–Trinajstić information content (AvgIpc) is 2.74. The molecule has 0 radical (unpaired) electrons. The number of rotatable bonds is 8. The minimum absolute atomic E-state index is 0.118. The number of hydrogen-bond donors (Lipinski definition) is 1. The number of carbonyl (C=O) groups is 1. The molecule has 1 N–H and O–H groups in total. The van der Waals surface area contributed by atoms with Gasteiger partial charge in [-0.25, -0.2) is 0 Å². The van der Waals surface area contributed by atoms with Gasteiger partial charge in [-0.3, -0.25) is 9.69 Å². The first kappa shape index (κ1) is 22.7. The molecule has 1 aliphatic carbocycles. The van der Waals surface area contributed by atoms with Crippen LogP contribution in [0.15, 0.2) is 18.2 Å². The molecule has 29 heavy (non-hydrogen) atoms. The van der Waals surface area contributed by atoms with Crippen LogP contribution in [0.5, 0.6) is 0 Å². The topological polar surface area (TPSA) is 44.8 Å². The molecule has 1 amide bonds. The van der Waals surface area contributed by atoms with Gasteiger partial charge in [0.1, 0.15) is 0 Å². The summed E-state index contributed by atoms with van der Waals surface area (Å²) in [4.78, 5) is 16.7. The molecule has 0 bridgehead atoms. The zero-order valence-electron chi connectivity index (χ0n) is 17.3. The fraction of sp³-hybridized carbons (Fsp3) is 0.682. The number of amides is 1. The molecule has 1 aromatic carbocycles. The first-order valence-electron chi connectivity index (χ1n) is 10.8. The third kappa shape index (κ3) is 6.74. The first-order chi connectivity index (χ1) is 14.1. The third-order valence-electron chi connectivity index (χ3n) is 6.24. The Hall–Kier alpha value is -1.01. The van der Waals surface area contributed by atoms with Crippen LogP contribution in [0.25, 0.3) is 0 Å². The molecule has 2 aliphatic rings. The van der Waals surface area contributed by atoms with Gasteiger partial charge < -0.3 is 15.0 Å². The predicted molar refractivity (Wildman–Crippen MR) is 120 cm³/mol.